The largest absolute Gasteiger partial charge is 0.507 e. The molecular formula is C27H29NO11. The number of phenols is 2. The summed E-state index contributed by atoms with van der Waals surface area (Å²) in [4.78, 5) is 39.8. The van der Waals surface area contributed by atoms with Gasteiger partial charge >= 0.3 is 5.97 Å². The van der Waals surface area contributed by atoms with Crippen LogP contribution in [0.2, 0.25) is 0 Å². The summed E-state index contributed by atoms with van der Waals surface area (Å²) < 4.78 is 21.8. The second-order valence-electron chi connectivity index (χ2n) is 10.1. The number of aliphatic hydroxyl groups is 2. The van der Waals surface area contributed by atoms with E-state index in [0.717, 1.165) is 7.11 Å². The van der Waals surface area contributed by atoms with Crippen LogP contribution in [-0.4, -0.2) is 82.3 Å². The van der Waals surface area contributed by atoms with Crippen molar-refractivity contribution in [1.82, 2.24) is 0 Å². The maximum Gasteiger partial charge on any atom is 0.338 e. The Morgan fingerprint density at radius 1 is 1.10 bits per heavy atom. The summed E-state index contributed by atoms with van der Waals surface area (Å²) in [5, 5.41) is 44.3. The van der Waals surface area contributed by atoms with Crippen LogP contribution in [0.3, 0.4) is 0 Å². The van der Waals surface area contributed by atoms with Crippen LogP contribution in [-0.2, 0) is 25.4 Å². The zero-order chi connectivity index (χ0) is 28.4. The van der Waals surface area contributed by atoms with Crippen LogP contribution in [0.25, 0.3) is 0 Å². The summed E-state index contributed by atoms with van der Waals surface area (Å²) in [5.74, 6) is -3.74. The number of hydrogen-bond donors (Lipinski definition) is 5. The number of carbonyl (C=O) groups is 3. The van der Waals surface area contributed by atoms with Gasteiger partial charge in [0, 0.05) is 42.0 Å². The molecule has 6 atom stereocenters. The van der Waals surface area contributed by atoms with Gasteiger partial charge in [-0.25, -0.2) is 4.79 Å². The Labute approximate surface area is 222 Å². The Kier molecular flexibility index (Phi) is 6.64. The molecule has 12 nitrogen and oxygen atoms in total. The lowest BCUT2D eigenvalue weighted by atomic mass is 9.73. The lowest BCUT2D eigenvalue weighted by molar-refractivity contribution is -0.248. The van der Waals surface area contributed by atoms with Gasteiger partial charge in [0.2, 0.25) is 5.78 Å². The smallest absolute Gasteiger partial charge is 0.338 e. The first-order chi connectivity index (χ1) is 18.4. The molecule has 2 aromatic carbocycles. The maximum absolute atomic E-state index is 13.7. The molecule has 0 saturated carbocycles. The standard InChI is InChI=1S/C27H29NO11/c1-10-21(29)13(28)7-16(38-10)39-15-9-27(35,26(34)37-3)8-12-18(15)25(33)20-19(23(12)31)22(30)11-5-4-6-14(36-2)17(11)24(20)32/h4-6,10,13,15-16,21,29,31,33,35H,7-9,28H2,1-3H3/t10?,13-,15+,16+,21-,27?/m1/s1. The van der Waals surface area contributed by atoms with Crippen LogP contribution in [0.4, 0.5) is 0 Å². The Morgan fingerprint density at radius 3 is 2.44 bits per heavy atom. The van der Waals surface area contributed by atoms with Crippen molar-refractivity contribution in [3.63, 3.8) is 0 Å². The predicted octanol–water partition coefficient (Wildman–Crippen LogP) is 0.613. The Bertz CT molecular complexity index is 1380. The van der Waals surface area contributed by atoms with Gasteiger partial charge in [-0.2, -0.15) is 0 Å². The molecule has 0 radical (unpaired) electrons. The molecule has 5 rings (SSSR count). The number of nitrogens with two attached hydrogens (primary N) is 1. The van der Waals surface area contributed by atoms with Crippen molar-refractivity contribution in [3.8, 4) is 17.2 Å². The second-order valence-corrected chi connectivity index (χ2v) is 10.1. The maximum atomic E-state index is 13.7. The van der Waals surface area contributed by atoms with Gasteiger partial charge in [-0.1, -0.05) is 12.1 Å². The van der Waals surface area contributed by atoms with E-state index < -0.39 is 89.2 Å². The SMILES string of the molecule is COC(=O)C1(O)Cc2c(O)c3c(c(O)c2[C@@H](O[C@H]2C[C@@H](N)[C@H](O)C(C)O2)C1)C(=O)c1c(OC)cccc1C3=O. The van der Waals surface area contributed by atoms with Gasteiger partial charge in [0.25, 0.3) is 0 Å². The summed E-state index contributed by atoms with van der Waals surface area (Å²) in [6.45, 7) is 1.59. The molecule has 0 spiro atoms. The van der Waals surface area contributed by atoms with Crippen molar-refractivity contribution in [2.45, 2.75) is 62.4 Å². The lowest BCUT2D eigenvalue weighted by Gasteiger charge is -2.41. The molecule has 1 fully saturated rings. The van der Waals surface area contributed by atoms with Gasteiger partial charge < -0.3 is 45.1 Å². The molecule has 12 heteroatoms. The average Bonchev–Trinajstić information content (AvgIpc) is 2.90. The number of rotatable bonds is 4. The molecule has 208 valence electrons. The minimum Gasteiger partial charge on any atom is -0.507 e. The molecule has 0 bridgehead atoms. The van der Waals surface area contributed by atoms with Crippen molar-refractivity contribution in [2.75, 3.05) is 14.2 Å². The first-order valence-electron chi connectivity index (χ1n) is 12.4. The molecule has 3 aliphatic rings. The first kappa shape index (κ1) is 27.0. The number of esters is 1. The summed E-state index contributed by atoms with van der Waals surface area (Å²) in [6, 6.07) is 3.68. The zero-order valence-corrected chi connectivity index (χ0v) is 21.5. The van der Waals surface area contributed by atoms with Gasteiger partial charge in [-0.05, 0) is 13.0 Å². The van der Waals surface area contributed by atoms with Crippen molar-refractivity contribution >= 4 is 17.5 Å². The average molecular weight is 544 g/mol. The fourth-order valence-electron chi connectivity index (χ4n) is 5.74. The monoisotopic (exact) mass is 543 g/mol. The minimum atomic E-state index is -2.21. The molecule has 2 aliphatic carbocycles. The molecule has 0 amide bonds. The molecule has 0 aromatic heterocycles. The number of carbonyl (C=O) groups excluding carboxylic acids is 3. The quantitative estimate of drug-likeness (QED) is 0.228. The van der Waals surface area contributed by atoms with Gasteiger partial charge in [-0.3, -0.25) is 9.59 Å². The molecule has 1 heterocycles. The molecule has 1 aliphatic heterocycles. The van der Waals surface area contributed by atoms with Crippen molar-refractivity contribution in [3.05, 3.63) is 51.6 Å². The summed E-state index contributed by atoms with van der Waals surface area (Å²) in [6.07, 6.45) is -4.95. The van der Waals surface area contributed by atoms with Crippen molar-refractivity contribution < 1.29 is 53.8 Å². The van der Waals surface area contributed by atoms with Crippen LogP contribution in [0.5, 0.6) is 17.2 Å². The Morgan fingerprint density at radius 2 is 1.79 bits per heavy atom. The van der Waals surface area contributed by atoms with E-state index in [0.29, 0.717) is 0 Å². The molecule has 6 N–H and O–H groups in total. The van der Waals surface area contributed by atoms with Crippen LogP contribution >= 0.6 is 0 Å². The first-order valence-corrected chi connectivity index (χ1v) is 12.4. The van der Waals surface area contributed by atoms with Crippen LogP contribution in [0.15, 0.2) is 18.2 Å². The Hall–Kier alpha value is -3.55. The third-order valence-corrected chi connectivity index (χ3v) is 7.71. The third-order valence-electron chi connectivity index (χ3n) is 7.71. The second kappa shape index (κ2) is 9.57. The van der Waals surface area contributed by atoms with E-state index >= 15 is 0 Å². The Balaban J connectivity index is 1.69. The number of aliphatic hydroxyl groups excluding tert-OH is 1. The highest BCUT2D eigenvalue weighted by molar-refractivity contribution is 6.31. The third kappa shape index (κ3) is 4.07. The van der Waals surface area contributed by atoms with Crippen molar-refractivity contribution in [2.24, 2.45) is 5.73 Å². The zero-order valence-electron chi connectivity index (χ0n) is 21.5. The van der Waals surface area contributed by atoms with E-state index in [1.54, 1.807) is 6.92 Å². The van der Waals surface area contributed by atoms with Crippen LogP contribution < -0.4 is 10.5 Å². The number of phenolic OH excluding ortho intramolecular Hbond substituents is 2. The van der Waals surface area contributed by atoms with E-state index in [2.05, 4.69) is 0 Å². The molecular weight excluding hydrogens is 514 g/mol. The minimum absolute atomic E-state index is 0.0354. The summed E-state index contributed by atoms with van der Waals surface area (Å²) >= 11 is 0. The fraction of sp³-hybridized carbons (Fsp3) is 0.444. The number of benzene rings is 2. The highest BCUT2D eigenvalue weighted by Gasteiger charge is 2.51. The van der Waals surface area contributed by atoms with Gasteiger partial charge in [0.05, 0.1) is 49.2 Å². The number of aromatic hydroxyl groups is 2. The van der Waals surface area contributed by atoms with Crippen molar-refractivity contribution in [1.29, 1.82) is 0 Å². The summed E-state index contributed by atoms with van der Waals surface area (Å²) in [5.41, 5.74) is 2.54. The van der Waals surface area contributed by atoms with Gasteiger partial charge in [0.1, 0.15) is 17.2 Å². The van der Waals surface area contributed by atoms with Crippen LogP contribution in [0, 0.1) is 0 Å². The van der Waals surface area contributed by atoms with Gasteiger partial charge in [-0.15, -0.1) is 0 Å². The predicted molar refractivity (Wildman–Crippen MR) is 132 cm³/mol. The van der Waals surface area contributed by atoms with E-state index in [4.69, 9.17) is 24.7 Å². The fourth-order valence-corrected chi connectivity index (χ4v) is 5.74. The molecule has 2 unspecified atom stereocenters. The van der Waals surface area contributed by atoms with E-state index in [-0.39, 0.29) is 34.4 Å². The number of hydrogen-bond acceptors (Lipinski definition) is 12. The normalized spacial score (nSPS) is 29.7. The molecule has 39 heavy (non-hydrogen) atoms. The molecule has 1 saturated heterocycles. The lowest BCUT2D eigenvalue weighted by Crippen LogP contribution is -2.52. The number of methoxy groups -OCH3 is 2. The number of fused-ring (bicyclic) bond motifs is 3. The topological polar surface area (TPSA) is 195 Å². The molecule has 2 aromatic rings. The van der Waals surface area contributed by atoms with E-state index in [1.165, 1.54) is 25.3 Å². The van der Waals surface area contributed by atoms with Crippen LogP contribution in [0.1, 0.15) is 68.8 Å². The highest BCUT2D eigenvalue weighted by atomic mass is 16.7. The number of ether oxygens (including phenoxy) is 4. The van der Waals surface area contributed by atoms with E-state index in [1.807, 2.05) is 0 Å². The number of ketones is 2. The van der Waals surface area contributed by atoms with E-state index in [9.17, 15) is 34.8 Å². The summed E-state index contributed by atoms with van der Waals surface area (Å²) in [7, 11) is 2.41. The van der Waals surface area contributed by atoms with Gasteiger partial charge in [0.15, 0.2) is 17.7 Å². The highest BCUT2D eigenvalue weighted by Crippen LogP contribution is 2.52.